The maximum atomic E-state index is 12.5. The van der Waals surface area contributed by atoms with Gasteiger partial charge in [0.2, 0.25) is 0 Å². The number of carbonyl (C=O) groups is 1. The quantitative estimate of drug-likeness (QED) is 0.658. The molecule has 1 aromatic rings. The Kier molecular flexibility index (Phi) is 4.34. The number of rotatable bonds is 5. The largest absolute Gasteiger partial charge is 0.395 e. The van der Waals surface area contributed by atoms with Crippen molar-refractivity contribution in [1.82, 2.24) is 4.90 Å². The first-order valence-electron chi connectivity index (χ1n) is 6.71. The van der Waals surface area contributed by atoms with E-state index in [-0.39, 0.29) is 24.2 Å². The molecule has 1 saturated carbocycles. The van der Waals surface area contributed by atoms with E-state index in [0.717, 1.165) is 19.3 Å². The summed E-state index contributed by atoms with van der Waals surface area (Å²) in [5, 5.41) is 19.8. The number of nitro groups is 1. The molecule has 0 spiro atoms. The van der Waals surface area contributed by atoms with Crippen molar-refractivity contribution in [3.63, 3.8) is 0 Å². The maximum Gasteiger partial charge on any atom is 0.269 e. The lowest BCUT2D eigenvalue weighted by molar-refractivity contribution is -0.384. The summed E-state index contributed by atoms with van der Waals surface area (Å²) in [6.07, 6.45) is 3.01. The molecular formula is C14H18N2O4. The van der Waals surface area contributed by atoms with Gasteiger partial charge in [0.1, 0.15) is 0 Å². The zero-order chi connectivity index (χ0) is 14.7. The molecule has 1 N–H and O–H groups in total. The van der Waals surface area contributed by atoms with Crippen LogP contribution in [0, 0.1) is 17.0 Å². The second-order valence-electron chi connectivity index (χ2n) is 5.06. The summed E-state index contributed by atoms with van der Waals surface area (Å²) in [4.78, 5) is 24.4. The predicted molar refractivity (Wildman–Crippen MR) is 73.6 cm³/mol. The second kappa shape index (κ2) is 6.00. The third-order valence-corrected chi connectivity index (χ3v) is 3.77. The Morgan fingerprint density at radius 3 is 2.65 bits per heavy atom. The minimum atomic E-state index is -0.474. The van der Waals surface area contributed by atoms with Gasteiger partial charge in [-0.1, -0.05) is 0 Å². The Hall–Kier alpha value is -1.95. The van der Waals surface area contributed by atoms with Crippen LogP contribution in [0.5, 0.6) is 0 Å². The van der Waals surface area contributed by atoms with Gasteiger partial charge >= 0.3 is 0 Å². The Morgan fingerprint density at radius 1 is 1.50 bits per heavy atom. The number of nitro benzene ring substituents is 1. The van der Waals surface area contributed by atoms with Crippen LogP contribution in [0.15, 0.2) is 18.2 Å². The smallest absolute Gasteiger partial charge is 0.269 e. The summed E-state index contributed by atoms with van der Waals surface area (Å²) in [5.41, 5.74) is 1.04. The molecular weight excluding hydrogens is 260 g/mol. The van der Waals surface area contributed by atoms with Gasteiger partial charge in [0.15, 0.2) is 0 Å². The molecule has 0 bridgehead atoms. The van der Waals surface area contributed by atoms with E-state index in [0.29, 0.717) is 17.7 Å². The molecule has 0 aromatic heterocycles. The highest BCUT2D eigenvalue weighted by Crippen LogP contribution is 2.27. The van der Waals surface area contributed by atoms with E-state index in [2.05, 4.69) is 0 Å². The molecule has 20 heavy (non-hydrogen) atoms. The summed E-state index contributed by atoms with van der Waals surface area (Å²) in [5.74, 6) is -0.156. The van der Waals surface area contributed by atoms with Crippen LogP contribution in [0.3, 0.4) is 0 Å². The van der Waals surface area contributed by atoms with E-state index in [4.69, 9.17) is 5.11 Å². The third-order valence-electron chi connectivity index (χ3n) is 3.77. The second-order valence-corrected chi connectivity index (χ2v) is 5.06. The van der Waals surface area contributed by atoms with Gasteiger partial charge in [-0.25, -0.2) is 0 Å². The first kappa shape index (κ1) is 14.5. The zero-order valence-corrected chi connectivity index (χ0v) is 11.4. The monoisotopic (exact) mass is 278 g/mol. The van der Waals surface area contributed by atoms with Crippen molar-refractivity contribution in [2.45, 2.75) is 32.2 Å². The van der Waals surface area contributed by atoms with Gasteiger partial charge < -0.3 is 10.0 Å². The molecule has 108 valence electrons. The number of nitrogens with zero attached hydrogens (tertiary/aromatic N) is 2. The average molecular weight is 278 g/mol. The molecule has 1 fully saturated rings. The zero-order valence-electron chi connectivity index (χ0n) is 11.4. The molecule has 1 aliphatic rings. The highest BCUT2D eigenvalue weighted by Gasteiger charge is 2.29. The van der Waals surface area contributed by atoms with Crippen molar-refractivity contribution < 1.29 is 14.8 Å². The number of amides is 1. The van der Waals surface area contributed by atoms with Gasteiger partial charge in [-0.15, -0.1) is 0 Å². The molecule has 1 amide bonds. The Morgan fingerprint density at radius 2 is 2.20 bits per heavy atom. The standard InChI is InChI=1S/C14H18N2O4/c1-10-9-12(16(19)20)5-6-13(10)14(18)15(7-8-17)11-3-2-4-11/h5-6,9,11,17H,2-4,7-8H2,1H3. The SMILES string of the molecule is Cc1cc([N+](=O)[O-])ccc1C(=O)N(CCO)C1CCC1. The molecule has 0 atom stereocenters. The van der Waals surface area contributed by atoms with Crippen molar-refractivity contribution in [1.29, 1.82) is 0 Å². The van der Waals surface area contributed by atoms with Crippen LogP contribution in [0.2, 0.25) is 0 Å². The topological polar surface area (TPSA) is 83.7 Å². The predicted octanol–water partition coefficient (Wildman–Crippen LogP) is 1.89. The molecule has 0 heterocycles. The van der Waals surface area contributed by atoms with E-state index >= 15 is 0 Å². The van der Waals surface area contributed by atoms with E-state index < -0.39 is 4.92 Å². The summed E-state index contributed by atoms with van der Waals surface area (Å²) < 4.78 is 0. The molecule has 6 heteroatoms. The Balaban J connectivity index is 2.24. The first-order chi connectivity index (χ1) is 9.54. The number of aliphatic hydroxyl groups excluding tert-OH is 1. The van der Waals surface area contributed by atoms with Gasteiger partial charge in [-0.2, -0.15) is 0 Å². The van der Waals surface area contributed by atoms with Crippen LogP contribution >= 0.6 is 0 Å². The number of carbonyl (C=O) groups excluding carboxylic acids is 1. The van der Waals surface area contributed by atoms with Gasteiger partial charge in [0, 0.05) is 30.3 Å². The van der Waals surface area contributed by atoms with Crippen molar-refractivity contribution in [2.24, 2.45) is 0 Å². The lowest BCUT2D eigenvalue weighted by Crippen LogP contribution is -2.45. The van der Waals surface area contributed by atoms with Crippen LogP contribution in [0.4, 0.5) is 5.69 Å². The van der Waals surface area contributed by atoms with Gasteiger partial charge in [0.25, 0.3) is 11.6 Å². The Labute approximate surface area is 117 Å². The van der Waals surface area contributed by atoms with Crippen LogP contribution in [0.25, 0.3) is 0 Å². The van der Waals surface area contributed by atoms with Gasteiger partial charge in [-0.3, -0.25) is 14.9 Å². The van der Waals surface area contributed by atoms with Crippen LogP contribution in [-0.2, 0) is 0 Å². The lowest BCUT2D eigenvalue weighted by atomic mass is 9.90. The molecule has 0 unspecified atom stereocenters. The van der Waals surface area contributed by atoms with Crippen molar-refractivity contribution >= 4 is 11.6 Å². The lowest BCUT2D eigenvalue weighted by Gasteiger charge is -2.37. The molecule has 1 aliphatic carbocycles. The molecule has 2 rings (SSSR count). The van der Waals surface area contributed by atoms with Gasteiger partial charge in [0.05, 0.1) is 11.5 Å². The molecule has 0 radical (unpaired) electrons. The van der Waals surface area contributed by atoms with Crippen molar-refractivity contribution in [3.05, 3.63) is 39.4 Å². The average Bonchev–Trinajstić information content (AvgIpc) is 2.35. The van der Waals surface area contributed by atoms with Crippen molar-refractivity contribution in [3.8, 4) is 0 Å². The molecule has 6 nitrogen and oxygen atoms in total. The summed E-state index contributed by atoms with van der Waals surface area (Å²) in [6, 6.07) is 4.44. The fraction of sp³-hybridized carbons (Fsp3) is 0.500. The van der Waals surface area contributed by atoms with E-state index in [1.54, 1.807) is 11.8 Å². The summed E-state index contributed by atoms with van der Waals surface area (Å²) in [6.45, 7) is 1.92. The maximum absolute atomic E-state index is 12.5. The molecule has 0 saturated heterocycles. The first-order valence-corrected chi connectivity index (χ1v) is 6.71. The van der Waals surface area contributed by atoms with E-state index in [1.807, 2.05) is 0 Å². The number of aliphatic hydroxyl groups is 1. The number of non-ortho nitro benzene ring substituents is 1. The minimum Gasteiger partial charge on any atom is -0.395 e. The number of benzene rings is 1. The normalized spacial score (nSPS) is 14.7. The number of aryl methyl sites for hydroxylation is 1. The highest BCUT2D eigenvalue weighted by molar-refractivity contribution is 5.96. The fourth-order valence-corrected chi connectivity index (χ4v) is 2.41. The third kappa shape index (κ3) is 2.80. The van der Waals surface area contributed by atoms with E-state index in [1.165, 1.54) is 18.2 Å². The van der Waals surface area contributed by atoms with Gasteiger partial charge in [-0.05, 0) is 37.8 Å². The highest BCUT2D eigenvalue weighted by atomic mass is 16.6. The van der Waals surface area contributed by atoms with E-state index in [9.17, 15) is 14.9 Å². The fourth-order valence-electron chi connectivity index (χ4n) is 2.41. The number of hydrogen-bond donors (Lipinski definition) is 1. The van der Waals surface area contributed by atoms with Crippen LogP contribution in [-0.4, -0.2) is 40.0 Å². The molecule has 0 aliphatic heterocycles. The van der Waals surface area contributed by atoms with Crippen LogP contribution < -0.4 is 0 Å². The summed E-state index contributed by atoms with van der Waals surface area (Å²) in [7, 11) is 0. The Bertz CT molecular complexity index is 526. The van der Waals surface area contributed by atoms with Crippen molar-refractivity contribution in [2.75, 3.05) is 13.2 Å². The number of hydrogen-bond acceptors (Lipinski definition) is 4. The molecule has 1 aromatic carbocycles. The minimum absolute atomic E-state index is 0.0172. The van der Waals surface area contributed by atoms with Crippen LogP contribution in [0.1, 0.15) is 35.2 Å². The summed E-state index contributed by atoms with van der Waals surface area (Å²) >= 11 is 0.